The van der Waals surface area contributed by atoms with Gasteiger partial charge in [-0.25, -0.2) is 0 Å². The molecular formula is C25H39NO7P2. The van der Waals surface area contributed by atoms with Gasteiger partial charge in [-0.05, 0) is 85.2 Å². The first-order valence-electron chi connectivity index (χ1n) is 11.9. The summed E-state index contributed by atoms with van der Waals surface area (Å²) >= 11 is 0. The molecule has 8 nitrogen and oxygen atoms in total. The first-order valence-corrected chi connectivity index (χ1v) is 15.1. The number of aromatic nitrogens is 1. The number of hydrogen-bond donors (Lipinski definition) is 0. The van der Waals surface area contributed by atoms with E-state index >= 15 is 0 Å². The highest BCUT2D eigenvalue weighted by Gasteiger charge is 2.54. The normalized spacial score (nSPS) is 12.9. The van der Waals surface area contributed by atoms with Crippen LogP contribution in [-0.2, 0) is 33.8 Å². The van der Waals surface area contributed by atoms with Crippen molar-refractivity contribution < 1.29 is 32.0 Å². The molecule has 10 heteroatoms. The fourth-order valence-corrected chi connectivity index (χ4v) is 9.40. The van der Waals surface area contributed by atoms with Gasteiger partial charge in [-0.2, -0.15) is 0 Å². The number of benzene rings is 1. The van der Waals surface area contributed by atoms with Gasteiger partial charge in [-0.3, -0.25) is 14.1 Å². The predicted molar refractivity (Wildman–Crippen MR) is 138 cm³/mol. The molecule has 1 heterocycles. The molecule has 0 N–H and O–H groups in total. The molecule has 2 aromatic rings. The number of rotatable bonds is 14. The van der Waals surface area contributed by atoms with Crippen LogP contribution in [0.2, 0.25) is 0 Å². The molecule has 0 saturated heterocycles. The summed E-state index contributed by atoms with van der Waals surface area (Å²) in [5, 5.41) is -1.28. The minimum absolute atomic E-state index is 0.292. The van der Waals surface area contributed by atoms with E-state index in [4.69, 9.17) is 22.8 Å². The maximum absolute atomic E-state index is 14.3. The summed E-state index contributed by atoms with van der Waals surface area (Å²) in [6.07, 6.45) is -0.0950. The van der Waals surface area contributed by atoms with E-state index in [1.807, 2.05) is 18.2 Å². The molecule has 1 aromatic carbocycles. The van der Waals surface area contributed by atoms with E-state index in [1.54, 1.807) is 85.9 Å². The van der Waals surface area contributed by atoms with Crippen LogP contribution in [0.3, 0.4) is 0 Å². The second-order valence-electron chi connectivity index (χ2n) is 9.25. The zero-order chi connectivity index (χ0) is 26.2. The lowest BCUT2D eigenvalue weighted by atomic mass is 10.2. The predicted octanol–water partition coefficient (Wildman–Crippen LogP) is 7.75. The Labute approximate surface area is 209 Å². The summed E-state index contributed by atoms with van der Waals surface area (Å²) < 4.78 is 58.0. The minimum atomic E-state index is -4.04. The van der Waals surface area contributed by atoms with Crippen molar-refractivity contribution in [2.75, 3.05) is 0 Å². The lowest BCUT2D eigenvalue weighted by Crippen LogP contribution is -2.19. The maximum Gasteiger partial charge on any atom is 0.350 e. The number of hydrogen-bond acceptors (Lipinski definition) is 8. The molecular weight excluding hydrogens is 488 g/mol. The summed E-state index contributed by atoms with van der Waals surface area (Å²) in [6.45, 7) is 14.3. The first kappa shape index (κ1) is 29.7. The second-order valence-corrected chi connectivity index (χ2v) is 13.7. The molecule has 0 aliphatic carbocycles. The molecule has 0 atom stereocenters. The van der Waals surface area contributed by atoms with Crippen molar-refractivity contribution in [3.05, 3.63) is 59.9 Å². The van der Waals surface area contributed by atoms with Gasteiger partial charge in [0.25, 0.3) is 0 Å². The lowest BCUT2D eigenvalue weighted by Gasteiger charge is -2.35. The standard InChI is InChI=1S/C25H39NO7P2/c1-18(2)30-34(27,31-19(3)4)25(35(28,32-20(5)6)33-21(7)8)22-12-14-24(15-13-22)29-17-23-11-9-10-16-26-23/h9-16,18-21,25H,17H2,1-8H3. The van der Waals surface area contributed by atoms with Crippen LogP contribution < -0.4 is 4.74 Å². The van der Waals surface area contributed by atoms with Crippen molar-refractivity contribution in [2.45, 2.75) is 91.8 Å². The van der Waals surface area contributed by atoms with Gasteiger partial charge in [0.2, 0.25) is 0 Å². The van der Waals surface area contributed by atoms with Crippen molar-refractivity contribution in [3.63, 3.8) is 0 Å². The van der Waals surface area contributed by atoms with Gasteiger partial charge in [0.05, 0.1) is 30.1 Å². The van der Waals surface area contributed by atoms with E-state index in [0.29, 0.717) is 17.9 Å². The smallest absolute Gasteiger partial charge is 0.350 e. The van der Waals surface area contributed by atoms with Crippen LogP contribution in [0.4, 0.5) is 0 Å². The zero-order valence-electron chi connectivity index (χ0n) is 21.9. The number of ether oxygens (including phenoxy) is 1. The Kier molecular flexibility index (Phi) is 11.1. The summed E-state index contributed by atoms with van der Waals surface area (Å²) in [4.78, 5) is 4.25. The first-order chi connectivity index (χ1) is 16.3. The van der Waals surface area contributed by atoms with Gasteiger partial charge < -0.3 is 22.8 Å². The van der Waals surface area contributed by atoms with Gasteiger partial charge in [-0.1, -0.05) is 18.2 Å². The van der Waals surface area contributed by atoms with E-state index in [0.717, 1.165) is 5.69 Å². The van der Waals surface area contributed by atoms with Crippen molar-refractivity contribution in [3.8, 4) is 5.75 Å². The fourth-order valence-electron chi connectivity index (χ4n) is 3.37. The van der Waals surface area contributed by atoms with Crippen LogP contribution in [0.25, 0.3) is 0 Å². The van der Waals surface area contributed by atoms with Crippen LogP contribution >= 0.6 is 15.2 Å². The SMILES string of the molecule is CC(C)OP(=O)(OC(C)C)C(c1ccc(OCc2ccccn2)cc1)P(=O)(OC(C)C)OC(C)C. The second kappa shape index (κ2) is 13.1. The number of pyridine rings is 1. The summed E-state index contributed by atoms with van der Waals surface area (Å²) in [6, 6.07) is 12.4. The molecule has 0 spiro atoms. The van der Waals surface area contributed by atoms with Gasteiger partial charge in [-0.15, -0.1) is 0 Å². The molecule has 1 aromatic heterocycles. The molecule has 35 heavy (non-hydrogen) atoms. The van der Waals surface area contributed by atoms with Crippen molar-refractivity contribution in [1.29, 1.82) is 0 Å². The van der Waals surface area contributed by atoms with Crippen LogP contribution in [-0.4, -0.2) is 29.4 Å². The van der Waals surface area contributed by atoms with E-state index in [9.17, 15) is 9.13 Å². The highest BCUT2D eigenvalue weighted by molar-refractivity contribution is 7.72. The molecule has 0 aliphatic heterocycles. The summed E-state index contributed by atoms with van der Waals surface area (Å²) in [5.41, 5.74) is 1.24. The van der Waals surface area contributed by atoms with Crippen molar-refractivity contribution in [2.24, 2.45) is 0 Å². The Morgan fingerprint density at radius 2 is 1.14 bits per heavy atom. The molecule has 0 fully saturated rings. The third-order valence-electron chi connectivity index (χ3n) is 4.32. The summed E-state index contributed by atoms with van der Waals surface area (Å²) in [5.74, 6) is 0.576. The quantitative estimate of drug-likeness (QED) is 0.230. The molecule has 0 saturated carbocycles. The maximum atomic E-state index is 14.3. The molecule has 0 radical (unpaired) electrons. The Morgan fingerprint density at radius 1 is 0.686 bits per heavy atom. The highest BCUT2D eigenvalue weighted by Crippen LogP contribution is 2.79. The Bertz CT molecular complexity index is 929. The van der Waals surface area contributed by atoms with Gasteiger partial charge in [0.1, 0.15) is 12.4 Å². The Hall–Kier alpha value is -1.53. The third kappa shape index (κ3) is 9.13. The van der Waals surface area contributed by atoms with E-state index in [2.05, 4.69) is 4.98 Å². The van der Waals surface area contributed by atoms with E-state index in [-0.39, 0.29) is 0 Å². The average Bonchev–Trinajstić information content (AvgIpc) is 2.71. The Morgan fingerprint density at radius 3 is 1.51 bits per heavy atom. The molecule has 0 unspecified atom stereocenters. The van der Waals surface area contributed by atoms with Gasteiger partial charge >= 0.3 is 15.2 Å². The average molecular weight is 528 g/mol. The third-order valence-corrected chi connectivity index (χ3v) is 10.7. The van der Waals surface area contributed by atoms with Crippen LogP contribution in [0.5, 0.6) is 5.75 Å². The highest BCUT2D eigenvalue weighted by atomic mass is 31.2. The molecule has 0 aliphatic rings. The molecule has 0 bridgehead atoms. The van der Waals surface area contributed by atoms with Crippen LogP contribution in [0, 0.1) is 0 Å². The Balaban J connectivity index is 2.52. The van der Waals surface area contributed by atoms with Gasteiger partial charge in [0, 0.05) is 6.20 Å². The summed E-state index contributed by atoms with van der Waals surface area (Å²) in [7, 11) is -8.08. The van der Waals surface area contributed by atoms with Crippen molar-refractivity contribution in [1.82, 2.24) is 4.98 Å². The monoisotopic (exact) mass is 527 g/mol. The molecule has 2 rings (SSSR count). The zero-order valence-corrected chi connectivity index (χ0v) is 23.7. The molecule has 0 amide bonds. The van der Waals surface area contributed by atoms with Crippen LogP contribution in [0.1, 0.15) is 72.0 Å². The lowest BCUT2D eigenvalue weighted by molar-refractivity contribution is 0.122. The largest absolute Gasteiger partial charge is 0.487 e. The number of nitrogens with zero attached hydrogens (tertiary/aromatic N) is 1. The van der Waals surface area contributed by atoms with Gasteiger partial charge in [0.15, 0.2) is 5.40 Å². The fraction of sp³-hybridized carbons (Fsp3) is 0.560. The van der Waals surface area contributed by atoms with Crippen molar-refractivity contribution >= 4 is 15.2 Å². The topological polar surface area (TPSA) is 93.2 Å². The van der Waals surface area contributed by atoms with Crippen LogP contribution in [0.15, 0.2) is 48.7 Å². The molecule has 196 valence electrons. The minimum Gasteiger partial charge on any atom is -0.487 e. The van der Waals surface area contributed by atoms with E-state index in [1.165, 1.54) is 0 Å². The van der Waals surface area contributed by atoms with E-state index < -0.39 is 45.0 Å².